The molecule has 0 rings (SSSR count). The summed E-state index contributed by atoms with van der Waals surface area (Å²) in [5.41, 5.74) is 5.32. The highest BCUT2D eigenvalue weighted by Crippen LogP contribution is 2.20. The third kappa shape index (κ3) is 3.02. The van der Waals surface area contributed by atoms with Crippen LogP contribution in [0.15, 0.2) is 0 Å². The van der Waals surface area contributed by atoms with Crippen molar-refractivity contribution in [2.75, 3.05) is 6.54 Å². The van der Waals surface area contributed by atoms with Crippen LogP contribution in [-0.4, -0.2) is 28.7 Å². The van der Waals surface area contributed by atoms with Gasteiger partial charge in [0, 0.05) is 0 Å². The minimum Gasteiger partial charge on any atom is -0.481 e. The van der Waals surface area contributed by atoms with E-state index in [4.69, 9.17) is 15.9 Å². The van der Waals surface area contributed by atoms with E-state index >= 15 is 0 Å². The van der Waals surface area contributed by atoms with Crippen LogP contribution >= 0.6 is 0 Å². The van der Waals surface area contributed by atoms with E-state index in [1.54, 1.807) is 13.8 Å². The van der Waals surface area contributed by atoms with Crippen LogP contribution < -0.4 is 5.73 Å². The van der Waals surface area contributed by atoms with Crippen molar-refractivity contribution in [3.05, 3.63) is 0 Å². The van der Waals surface area contributed by atoms with Crippen molar-refractivity contribution < 1.29 is 19.8 Å². The number of carboxylic acids is 2. The monoisotopic (exact) mass is 189 g/mol. The maximum Gasteiger partial charge on any atom is 0.318 e. The Kier molecular flexibility index (Phi) is 4.40. The Labute approximate surface area is 76.5 Å². The van der Waals surface area contributed by atoms with Crippen LogP contribution in [0.2, 0.25) is 0 Å². The molecule has 0 amide bonds. The summed E-state index contributed by atoms with van der Waals surface area (Å²) in [4.78, 5) is 21.2. The summed E-state index contributed by atoms with van der Waals surface area (Å²) < 4.78 is 0. The van der Waals surface area contributed by atoms with Crippen molar-refractivity contribution >= 4 is 11.9 Å². The number of aliphatic carboxylic acids is 2. The highest BCUT2D eigenvalue weighted by atomic mass is 16.4. The second kappa shape index (κ2) is 4.81. The van der Waals surface area contributed by atoms with Gasteiger partial charge in [-0.25, -0.2) is 0 Å². The molecule has 0 bridgehead atoms. The Morgan fingerprint density at radius 2 is 1.62 bits per heavy atom. The molecule has 0 aliphatic carbocycles. The van der Waals surface area contributed by atoms with Crippen LogP contribution in [0.25, 0.3) is 0 Å². The van der Waals surface area contributed by atoms with E-state index in [-0.39, 0.29) is 12.5 Å². The summed E-state index contributed by atoms with van der Waals surface area (Å²) >= 11 is 0. The molecule has 76 valence electrons. The summed E-state index contributed by atoms with van der Waals surface area (Å²) in [6.07, 6.45) is 0. The number of nitrogens with two attached hydrogens (primary N) is 1. The Morgan fingerprint density at radius 1 is 1.23 bits per heavy atom. The molecule has 0 saturated heterocycles. The van der Waals surface area contributed by atoms with Crippen LogP contribution in [0.3, 0.4) is 0 Å². The summed E-state index contributed by atoms with van der Waals surface area (Å²) in [5, 5.41) is 17.3. The fourth-order valence-electron chi connectivity index (χ4n) is 1.27. The molecular formula is C8H15NO4. The summed E-state index contributed by atoms with van der Waals surface area (Å²) in [6, 6.07) is 0. The van der Waals surface area contributed by atoms with E-state index in [0.29, 0.717) is 0 Å². The summed E-state index contributed by atoms with van der Waals surface area (Å²) in [5.74, 6) is -4.62. The van der Waals surface area contributed by atoms with Crippen molar-refractivity contribution in [2.24, 2.45) is 23.5 Å². The molecule has 5 nitrogen and oxygen atoms in total. The van der Waals surface area contributed by atoms with Gasteiger partial charge in [0.1, 0.15) is 0 Å². The van der Waals surface area contributed by atoms with Crippen LogP contribution in [0, 0.1) is 17.8 Å². The van der Waals surface area contributed by atoms with Gasteiger partial charge in [-0.15, -0.1) is 0 Å². The lowest BCUT2D eigenvalue weighted by molar-refractivity contribution is -0.158. The molecule has 0 aromatic carbocycles. The first-order valence-corrected chi connectivity index (χ1v) is 4.07. The largest absolute Gasteiger partial charge is 0.481 e. The lowest BCUT2D eigenvalue weighted by Gasteiger charge is -2.22. The first-order chi connectivity index (χ1) is 5.91. The molecule has 0 heterocycles. The molecule has 0 aliphatic rings. The van der Waals surface area contributed by atoms with Crippen molar-refractivity contribution in [3.8, 4) is 0 Å². The first kappa shape index (κ1) is 11.9. The average Bonchev–Trinajstić information content (AvgIpc) is 1.97. The molecule has 0 fully saturated rings. The van der Waals surface area contributed by atoms with Crippen LogP contribution in [0.1, 0.15) is 13.8 Å². The van der Waals surface area contributed by atoms with Crippen LogP contribution in [0.5, 0.6) is 0 Å². The maximum absolute atomic E-state index is 10.6. The minimum absolute atomic E-state index is 0.0535. The van der Waals surface area contributed by atoms with Crippen molar-refractivity contribution in [3.63, 3.8) is 0 Å². The molecule has 1 atom stereocenters. The normalized spacial score (nSPS) is 13.3. The van der Waals surface area contributed by atoms with Crippen LogP contribution in [-0.2, 0) is 9.59 Å². The van der Waals surface area contributed by atoms with E-state index in [9.17, 15) is 9.59 Å². The predicted octanol–water partition coefficient (Wildman–Crippen LogP) is 0.00270. The Hall–Kier alpha value is -1.10. The lowest BCUT2D eigenvalue weighted by Crippen LogP contribution is -2.38. The lowest BCUT2D eigenvalue weighted by atomic mass is 9.83. The molecule has 0 aromatic heterocycles. The SMILES string of the molecule is CC(C)C(CN)C(C(=O)O)C(=O)O. The number of hydrogen-bond donors (Lipinski definition) is 3. The fourth-order valence-corrected chi connectivity index (χ4v) is 1.27. The van der Waals surface area contributed by atoms with E-state index in [1.807, 2.05) is 0 Å². The highest BCUT2D eigenvalue weighted by molar-refractivity contribution is 5.93. The summed E-state index contributed by atoms with van der Waals surface area (Å²) in [6.45, 7) is 3.59. The van der Waals surface area contributed by atoms with Gasteiger partial charge in [-0.05, 0) is 18.4 Å². The molecular weight excluding hydrogens is 174 g/mol. The molecule has 4 N–H and O–H groups in total. The second-order valence-electron chi connectivity index (χ2n) is 3.30. The van der Waals surface area contributed by atoms with E-state index in [1.165, 1.54) is 0 Å². The predicted molar refractivity (Wildman–Crippen MR) is 46.1 cm³/mol. The Bertz CT molecular complexity index is 188. The van der Waals surface area contributed by atoms with Gasteiger partial charge in [0.2, 0.25) is 0 Å². The number of carbonyl (C=O) groups is 2. The van der Waals surface area contributed by atoms with Crippen molar-refractivity contribution in [1.82, 2.24) is 0 Å². The molecule has 0 saturated carbocycles. The molecule has 0 aromatic rings. The first-order valence-electron chi connectivity index (χ1n) is 4.07. The van der Waals surface area contributed by atoms with E-state index < -0.39 is 23.8 Å². The molecule has 13 heavy (non-hydrogen) atoms. The van der Waals surface area contributed by atoms with Crippen LogP contribution in [0.4, 0.5) is 0 Å². The minimum atomic E-state index is -1.40. The Balaban J connectivity index is 4.69. The topological polar surface area (TPSA) is 101 Å². The van der Waals surface area contributed by atoms with Gasteiger partial charge in [0.25, 0.3) is 0 Å². The van der Waals surface area contributed by atoms with E-state index in [2.05, 4.69) is 0 Å². The molecule has 5 heteroatoms. The quantitative estimate of drug-likeness (QED) is 0.528. The van der Waals surface area contributed by atoms with Crippen molar-refractivity contribution in [2.45, 2.75) is 13.8 Å². The number of carboxylic acid groups (broad SMARTS) is 2. The average molecular weight is 189 g/mol. The number of rotatable bonds is 5. The van der Waals surface area contributed by atoms with Crippen molar-refractivity contribution in [1.29, 1.82) is 0 Å². The molecule has 1 unspecified atom stereocenters. The number of hydrogen-bond acceptors (Lipinski definition) is 3. The van der Waals surface area contributed by atoms with Gasteiger partial charge in [0.15, 0.2) is 5.92 Å². The molecule has 0 spiro atoms. The second-order valence-corrected chi connectivity index (χ2v) is 3.30. The van der Waals surface area contributed by atoms with Gasteiger partial charge in [-0.2, -0.15) is 0 Å². The smallest absolute Gasteiger partial charge is 0.318 e. The highest BCUT2D eigenvalue weighted by Gasteiger charge is 2.35. The van der Waals surface area contributed by atoms with Gasteiger partial charge < -0.3 is 15.9 Å². The maximum atomic E-state index is 10.6. The zero-order valence-corrected chi connectivity index (χ0v) is 7.73. The zero-order valence-electron chi connectivity index (χ0n) is 7.73. The third-order valence-electron chi connectivity index (χ3n) is 2.09. The van der Waals surface area contributed by atoms with Gasteiger partial charge in [-0.1, -0.05) is 13.8 Å². The van der Waals surface area contributed by atoms with Gasteiger partial charge in [-0.3, -0.25) is 9.59 Å². The van der Waals surface area contributed by atoms with Gasteiger partial charge >= 0.3 is 11.9 Å². The van der Waals surface area contributed by atoms with E-state index in [0.717, 1.165) is 0 Å². The zero-order chi connectivity index (χ0) is 10.6. The summed E-state index contributed by atoms with van der Waals surface area (Å²) in [7, 11) is 0. The standard InChI is InChI=1S/C8H15NO4/c1-4(2)5(3-9)6(7(10)11)8(12)13/h4-6H,3,9H2,1-2H3,(H,10,11)(H,12,13). The Morgan fingerprint density at radius 3 is 1.69 bits per heavy atom. The van der Waals surface area contributed by atoms with Gasteiger partial charge in [0.05, 0.1) is 0 Å². The molecule has 0 aliphatic heterocycles. The fraction of sp³-hybridized carbons (Fsp3) is 0.750. The third-order valence-corrected chi connectivity index (χ3v) is 2.09. The molecule has 0 radical (unpaired) electrons.